The van der Waals surface area contributed by atoms with Crippen molar-refractivity contribution in [2.75, 3.05) is 19.8 Å². The maximum atomic E-state index is 12.0. The highest BCUT2D eigenvalue weighted by atomic mass is 32.2. The second kappa shape index (κ2) is 8.65. The Balaban J connectivity index is 2.41. The molecule has 23 heavy (non-hydrogen) atoms. The van der Waals surface area contributed by atoms with Crippen LogP contribution < -0.4 is 4.72 Å². The molecule has 132 valence electrons. The number of ether oxygens (including phenoxy) is 1. The third-order valence-corrected chi connectivity index (χ3v) is 4.38. The van der Waals surface area contributed by atoms with Crippen LogP contribution in [-0.4, -0.2) is 34.4 Å². The molecule has 0 heterocycles. The Hall–Kier alpha value is -1.12. The highest BCUT2D eigenvalue weighted by molar-refractivity contribution is 7.89. The fourth-order valence-corrected chi connectivity index (χ4v) is 3.00. The van der Waals surface area contributed by atoms with Crippen LogP contribution in [0, 0.1) is 5.92 Å². The van der Waals surface area contributed by atoms with Gasteiger partial charge in [0.25, 0.3) is 0 Å². The van der Waals surface area contributed by atoms with Crippen molar-refractivity contribution in [2.45, 2.75) is 37.8 Å². The zero-order valence-electron chi connectivity index (χ0n) is 13.2. The first-order valence-electron chi connectivity index (χ1n) is 7.33. The molecule has 0 aliphatic carbocycles. The van der Waals surface area contributed by atoms with Gasteiger partial charge in [0, 0.05) is 13.2 Å². The molecule has 0 saturated heterocycles. The van der Waals surface area contributed by atoms with Crippen molar-refractivity contribution in [1.82, 2.24) is 4.72 Å². The number of hydrogen-bond acceptors (Lipinski definition) is 3. The van der Waals surface area contributed by atoms with Gasteiger partial charge in [0.15, 0.2) is 0 Å². The van der Waals surface area contributed by atoms with E-state index >= 15 is 0 Å². The molecule has 0 spiro atoms. The van der Waals surface area contributed by atoms with Crippen LogP contribution >= 0.6 is 0 Å². The molecule has 4 nitrogen and oxygen atoms in total. The van der Waals surface area contributed by atoms with Gasteiger partial charge in [-0.25, -0.2) is 13.1 Å². The second-order valence-electron chi connectivity index (χ2n) is 5.66. The molecule has 0 amide bonds. The molecule has 1 aromatic rings. The Morgan fingerprint density at radius 3 is 2.30 bits per heavy atom. The van der Waals surface area contributed by atoms with E-state index in [0.717, 1.165) is 12.0 Å². The van der Waals surface area contributed by atoms with Crippen LogP contribution in [0.25, 0.3) is 0 Å². The first kappa shape index (κ1) is 19.9. The van der Waals surface area contributed by atoms with Gasteiger partial charge in [0.1, 0.15) is 6.61 Å². The summed E-state index contributed by atoms with van der Waals surface area (Å²) < 4.78 is 66.4. The third kappa shape index (κ3) is 8.34. The average Bonchev–Trinajstić information content (AvgIpc) is 2.41. The third-order valence-electron chi connectivity index (χ3n) is 2.90. The van der Waals surface area contributed by atoms with E-state index in [2.05, 4.69) is 23.3 Å². The van der Waals surface area contributed by atoms with Gasteiger partial charge >= 0.3 is 6.18 Å². The summed E-state index contributed by atoms with van der Waals surface area (Å²) in [5.41, 5.74) is 1.06. The Kier molecular flexibility index (Phi) is 7.50. The predicted octanol–water partition coefficient (Wildman–Crippen LogP) is 3.13. The van der Waals surface area contributed by atoms with Crippen LogP contribution in [0.3, 0.4) is 0 Å². The van der Waals surface area contributed by atoms with Crippen molar-refractivity contribution >= 4 is 10.0 Å². The minimum absolute atomic E-state index is 0.0218. The van der Waals surface area contributed by atoms with Crippen molar-refractivity contribution in [3.8, 4) is 0 Å². The molecule has 0 aliphatic rings. The molecular formula is C15H22F3NO3S. The molecule has 0 saturated carbocycles. The molecule has 0 unspecified atom stereocenters. The van der Waals surface area contributed by atoms with Gasteiger partial charge in [-0.05, 0) is 36.5 Å². The molecule has 0 radical (unpaired) electrons. The summed E-state index contributed by atoms with van der Waals surface area (Å²) in [5, 5.41) is 0. The van der Waals surface area contributed by atoms with Gasteiger partial charge in [-0.2, -0.15) is 13.2 Å². The summed E-state index contributed by atoms with van der Waals surface area (Å²) in [4.78, 5) is 0.140. The van der Waals surface area contributed by atoms with Gasteiger partial charge in [-0.1, -0.05) is 26.0 Å². The van der Waals surface area contributed by atoms with Gasteiger partial charge in [-0.15, -0.1) is 0 Å². The lowest BCUT2D eigenvalue weighted by Gasteiger charge is -2.10. The van der Waals surface area contributed by atoms with Gasteiger partial charge in [-0.3, -0.25) is 0 Å². The lowest BCUT2D eigenvalue weighted by Crippen LogP contribution is -2.26. The first-order valence-corrected chi connectivity index (χ1v) is 8.81. The van der Waals surface area contributed by atoms with Crippen LogP contribution in [0.15, 0.2) is 29.2 Å². The molecule has 8 heteroatoms. The normalized spacial score (nSPS) is 12.8. The Morgan fingerprint density at radius 1 is 1.17 bits per heavy atom. The van der Waals surface area contributed by atoms with Crippen molar-refractivity contribution in [2.24, 2.45) is 5.92 Å². The monoisotopic (exact) mass is 353 g/mol. The molecule has 0 fully saturated rings. The molecule has 1 N–H and O–H groups in total. The van der Waals surface area contributed by atoms with E-state index in [1.165, 1.54) is 12.1 Å². The lowest BCUT2D eigenvalue weighted by atomic mass is 10.0. The second-order valence-corrected chi connectivity index (χ2v) is 7.43. The quantitative estimate of drug-likeness (QED) is 0.694. The average molecular weight is 353 g/mol. The summed E-state index contributed by atoms with van der Waals surface area (Å²) in [7, 11) is -3.65. The number of nitrogens with one attached hydrogen (secondary N) is 1. The number of halogens is 3. The predicted molar refractivity (Wildman–Crippen MR) is 81.7 cm³/mol. The van der Waals surface area contributed by atoms with Crippen molar-refractivity contribution in [1.29, 1.82) is 0 Å². The summed E-state index contributed by atoms with van der Waals surface area (Å²) >= 11 is 0. The van der Waals surface area contributed by atoms with Gasteiger partial charge in [0.05, 0.1) is 4.90 Å². The fourth-order valence-electron chi connectivity index (χ4n) is 1.93. The largest absolute Gasteiger partial charge is 0.411 e. The summed E-state index contributed by atoms with van der Waals surface area (Å²) in [6.07, 6.45) is -3.33. The van der Waals surface area contributed by atoms with E-state index in [-0.39, 0.29) is 24.5 Å². The fraction of sp³-hybridized carbons (Fsp3) is 0.600. The lowest BCUT2D eigenvalue weighted by molar-refractivity contribution is -0.173. The van der Waals surface area contributed by atoms with Crippen molar-refractivity contribution in [3.05, 3.63) is 29.8 Å². The van der Waals surface area contributed by atoms with E-state index < -0.39 is 22.8 Å². The minimum Gasteiger partial charge on any atom is -0.372 e. The van der Waals surface area contributed by atoms with E-state index in [1.54, 1.807) is 12.1 Å². The highest BCUT2D eigenvalue weighted by Crippen LogP contribution is 2.15. The van der Waals surface area contributed by atoms with Crippen molar-refractivity contribution in [3.63, 3.8) is 0 Å². The standard InChI is InChI=1S/C15H22F3NO3S/c1-12(2)10-13-4-6-14(7-5-13)23(20,21)19-8-3-9-22-11-15(16,17)18/h4-7,12,19H,3,8-11H2,1-2H3. The Bertz CT molecular complexity index is 569. The van der Waals surface area contributed by atoms with Crippen LogP contribution in [0.1, 0.15) is 25.8 Å². The zero-order valence-corrected chi connectivity index (χ0v) is 14.0. The molecule has 0 bridgehead atoms. The van der Waals surface area contributed by atoms with Gasteiger partial charge < -0.3 is 4.74 Å². The van der Waals surface area contributed by atoms with E-state index in [1.807, 2.05) is 0 Å². The smallest absolute Gasteiger partial charge is 0.372 e. The maximum Gasteiger partial charge on any atom is 0.411 e. The number of hydrogen-bond donors (Lipinski definition) is 1. The summed E-state index contributed by atoms with van der Waals surface area (Å²) in [6.45, 7) is 2.69. The minimum atomic E-state index is -4.36. The maximum absolute atomic E-state index is 12.0. The summed E-state index contributed by atoms with van der Waals surface area (Å²) in [5.74, 6) is 0.479. The number of sulfonamides is 1. The van der Waals surface area contributed by atoms with Crippen LogP contribution in [0.5, 0.6) is 0 Å². The van der Waals surface area contributed by atoms with Crippen molar-refractivity contribution < 1.29 is 26.3 Å². The molecule has 0 atom stereocenters. The summed E-state index contributed by atoms with van der Waals surface area (Å²) in [6, 6.07) is 6.59. The van der Waals surface area contributed by atoms with E-state index in [9.17, 15) is 21.6 Å². The zero-order chi connectivity index (χ0) is 17.5. The van der Waals surface area contributed by atoms with Crippen LogP contribution in [-0.2, 0) is 21.2 Å². The molecule has 0 aliphatic heterocycles. The van der Waals surface area contributed by atoms with E-state index in [4.69, 9.17) is 0 Å². The molecule has 1 aromatic carbocycles. The molecule has 1 rings (SSSR count). The number of benzene rings is 1. The number of alkyl halides is 3. The van der Waals surface area contributed by atoms with Gasteiger partial charge in [0.2, 0.25) is 10.0 Å². The van der Waals surface area contributed by atoms with Crippen LogP contribution in [0.2, 0.25) is 0 Å². The van der Waals surface area contributed by atoms with E-state index in [0.29, 0.717) is 5.92 Å². The first-order chi connectivity index (χ1) is 10.6. The molecular weight excluding hydrogens is 331 g/mol. The number of rotatable bonds is 9. The topological polar surface area (TPSA) is 55.4 Å². The molecule has 0 aromatic heterocycles. The van der Waals surface area contributed by atoms with Crippen LogP contribution in [0.4, 0.5) is 13.2 Å². The Labute approximate surface area is 135 Å². The SMILES string of the molecule is CC(C)Cc1ccc(S(=O)(=O)NCCCOCC(F)(F)F)cc1. The highest BCUT2D eigenvalue weighted by Gasteiger charge is 2.27. The Morgan fingerprint density at radius 2 is 1.78 bits per heavy atom.